The molecule has 11 heteroatoms. The van der Waals surface area contributed by atoms with Crippen molar-refractivity contribution in [1.82, 2.24) is 9.21 Å². The number of sulfonamides is 1. The largest absolute Gasteiger partial charge is 0.322 e. The zero-order valence-electron chi connectivity index (χ0n) is 15.9. The molecular weight excluding hydrogens is 443 g/mol. The summed E-state index contributed by atoms with van der Waals surface area (Å²) in [6, 6.07) is 6.77. The van der Waals surface area contributed by atoms with Crippen LogP contribution in [-0.4, -0.2) is 55.8 Å². The number of anilines is 1. The number of benzene rings is 2. The van der Waals surface area contributed by atoms with Gasteiger partial charge in [0.1, 0.15) is 0 Å². The number of amides is 1. The van der Waals surface area contributed by atoms with Gasteiger partial charge in [-0.3, -0.25) is 9.69 Å². The molecule has 3 rings (SSSR count). The number of hydrogen-bond acceptors (Lipinski definition) is 4. The summed E-state index contributed by atoms with van der Waals surface area (Å²) >= 11 is 5.80. The molecule has 0 aliphatic carbocycles. The highest BCUT2D eigenvalue weighted by Crippen LogP contribution is 2.22. The van der Waals surface area contributed by atoms with E-state index in [2.05, 4.69) is 5.32 Å². The van der Waals surface area contributed by atoms with Gasteiger partial charge in [0.25, 0.3) is 0 Å². The van der Waals surface area contributed by atoms with Crippen molar-refractivity contribution >= 4 is 33.2 Å². The van der Waals surface area contributed by atoms with Crippen LogP contribution in [-0.2, 0) is 14.8 Å². The van der Waals surface area contributed by atoms with Gasteiger partial charge in [0.2, 0.25) is 15.9 Å². The van der Waals surface area contributed by atoms with Gasteiger partial charge in [-0.1, -0.05) is 11.6 Å². The molecule has 1 atom stereocenters. The summed E-state index contributed by atoms with van der Waals surface area (Å²) in [7, 11) is -3.69. The van der Waals surface area contributed by atoms with Crippen molar-refractivity contribution in [2.45, 2.75) is 17.9 Å². The van der Waals surface area contributed by atoms with Crippen molar-refractivity contribution in [2.75, 3.05) is 31.5 Å². The molecule has 0 spiro atoms. The summed E-state index contributed by atoms with van der Waals surface area (Å²) in [4.78, 5) is 14.3. The summed E-state index contributed by atoms with van der Waals surface area (Å²) in [6.07, 6.45) is 0. The van der Waals surface area contributed by atoms with Gasteiger partial charge < -0.3 is 5.32 Å². The molecule has 1 N–H and O–H groups in total. The Morgan fingerprint density at radius 2 is 1.60 bits per heavy atom. The summed E-state index contributed by atoms with van der Waals surface area (Å²) in [5, 5.41) is 2.67. The summed E-state index contributed by atoms with van der Waals surface area (Å²) < 4.78 is 66.9. The SMILES string of the molecule is C[C@H](C(=O)Nc1ccc(F)c(F)c1F)N1CCN(S(=O)(=O)c2ccc(Cl)cc2)CC1. The van der Waals surface area contributed by atoms with Crippen molar-refractivity contribution in [3.05, 3.63) is 58.9 Å². The van der Waals surface area contributed by atoms with Crippen LogP contribution in [0.15, 0.2) is 41.3 Å². The highest BCUT2D eigenvalue weighted by atomic mass is 35.5. The number of hydrogen-bond donors (Lipinski definition) is 1. The molecule has 2 aromatic rings. The van der Waals surface area contributed by atoms with E-state index in [4.69, 9.17) is 11.6 Å². The Morgan fingerprint density at radius 1 is 1.00 bits per heavy atom. The summed E-state index contributed by atoms with van der Waals surface area (Å²) in [6.45, 7) is 2.41. The van der Waals surface area contributed by atoms with Crippen LogP contribution in [0.3, 0.4) is 0 Å². The second-order valence-corrected chi connectivity index (χ2v) is 9.16. The normalized spacial score (nSPS) is 17.0. The standard InChI is InChI=1S/C19H19ClF3N3O3S/c1-12(19(27)24-16-7-6-15(21)17(22)18(16)23)25-8-10-26(11-9-25)30(28,29)14-4-2-13(20)3-5-14/h2-7,12H,8-11H2,1H3,(H,24,27)/t12-/m1/s1. The quantitative estimate of drug-likeness (QED) is 0.695. The van der Waals surface area contributed by atoms with Crippen molar-refractivity contribution < 1.29 is 26.4 Å². The second-order valence-electron chi connectivity index (χ2n) is 6.78. The minimum Gasteiger partial charge on any atom is -0.322 e. The molecule has 0 saturated carbocycles. The van der Waals surface area contributed by atoms with Crippen LogP contribution >= 0.6 is 11.6 Å². The number of nitrogens with zero attached hydrogens (tertiary/aromatic N) is 2. The lowest BCUT2D eigenvalue weighted by Gasteiger charge is -2.36. The Hall–Kier alpha value is -2.14. The smallest absolute Gasteiger partial charge is 0.243 e. The number of rotatable bonds is 5. The van der Waals surface area contributed by atoms with Gasteiger partial charge in [0, 0.05) is 31.2 Å². The molecule has 1 saturated heterocycles. The Bertz CT molecular complexity index is 1040. The van der Waals surface area contributed by atoms with E-state index in [0.717, 1.165) is 12.1 Å². The van der Waals surface area contributed by atoms with E-state index in [9.17, 15) is 26.4 Å². The molecule has 1 aliphatic heterocycles. The predicted molar refractivity (Wildman–Crippen MR) is 106 cm³/mol. The van der Waals surface area contributed by atoms with Crippen molar-refractivity contribution in [3.63, 3.8) is 0 Å². The van der Waals surface area contributed by atoms with E-state index in [1.165, 1.54) is 28.6 Å². The third-order valence-corrected chi connectivity index (χ3v) is 7.11. The molecule has 0 unspecified atom stereocenters. The summed E-state index contributed by atoms with van der Waals surface area (Å²) in [5.74, 6) is -5.11. The molecule has 2 aromatic carbocycles. The second kappa shape index (κ2) is 8.93. The van der Waals surface area contributed by atoms with Gasteiger partial charge in [0.05, 0.1) is 16.6 Å². The van der Waals surface area contributed by atoms with E-state index in [1.807, 2.05) is 0 Å². The number of halogens is 4. The van der Waals surface area contributed by atoms with E-state index in [0.29, 0.717) is 5.02 Å². The monoisotopic (exact) mass is 461 g/mol. The molecule has 6 nitrogen and oxygen atoms in total. The third-order valence-electron chi connectivity index (χ3n) is 4.94. The lowest BCUT2D eigenvalue weighted by molar-refractivity contribution is -0.121. The van der Waals surface area contributed by atoms with Gasteiger partial charge in [-0.15, -0.1) is 0 Å². The fraction of sp³-hybridized carbons (Fsp3) is 0.316. The Kier molecular flexibility index (Phi) is 6.71. The number of nitrogens with one attached hydrogen (secondary N) is 1. The first-order valence-electron chi connectivity index (χ1n) is 9.05. The first-order valence-corrected chi connectivity index (χ1v) is 10.9. The fourth-order valence-electron chi connectivity index (χ4n) is 3.11. The van der Waals surface area contributed by atoms with E-state index < -0.39 is 45.1 Å². The molecular formula is C19H19ClF3N3O3S. The summed E-state index contributed by atoms with van der Waals surface area (Å²) in [5.41, 5.74) is -0.463. The molecule has 1 heterocycles. The average molecular weight is 462 g/mol. The van der Waals surface area contributed by atoms with E-state index in [-0.39, 0.29) is 31.1 Å². The van der Waals surface area contributed by atoms with Crippen molar-refractivity contribution in [2.24, 2.45) is 0 Å². The number of piperazine rings is 1. The van der Waals surface area contributed by atoms with Crippen LogP contribution < -0.4 is 5.32 Å². The maximum atomic E-state index is 13.8. The van der Waals surface area contributed by atoms with Gasteiger partial charge in [-0.05, 0) is 43.3 Å². The molecule has 1 amide bonds. The zero-order valence-corrected chi connectivity index (χ0v) is 17.5. The molecule has 30 heavy (non-hydrogen) atoms. The Labute approximate surface area is 177 Å². The maximum Gasteiger partial charge on any atom is 0.243 e. The average Bonchev–Trinajstić information content (AvgIpc) is 2.74. The molecule has 0 radical (unpaired) electrons. The topological polar surface area (TPSA) is 69.7 Å². The molecule has 0 bridgehead atoms. The third kappa shape index (κ3) is 4.61. The van der Waals surface area contributed by atoms with Crippen LogP contribution in [0.1, 0.15) is 6.92 Å². The van der Waals surface area contributed by atoms with Crippen LogP contribution in [0, 0.1) is 17.5 Å². The number of carbonyl (C=O) groups excluding carboxylic acids is 1. The number of carbonyl (C=O) groups is 1. The maximum absolute atomic E-state index is 13.8. The van der Waals surface area contributed by atoms with Crippen LogP contribution in [0.4, 0.5) is 18.9 Å². The van der Waals surface area contributed by atoms with Crippen molar-refractivity contribution in [3.8, 4) is 0 Å². The minimum atomic E-state index is -3.69. The van der Waals surface area contributed by atoms with E-state index >= 15 is 0 Å². The Morgan fingerprint density at radius 3 is 2.20 bits per heavy atom. The first kappa shape index (κ1) is 22.5. The van der Waals surface area contributed by atoms with Gasteiger partial charge in [-0.25, -0.2) is 21.6 Å². The van der Waals surface area contributed by atoms with Gasteiger partial charge in [0.15, 0.2) is 17.5 Å². The lowest BCUT2D eigenvalue weighted by atomic mass is 10.2. The zero-order chi connectivity index (χ0) is 22.1. The van der Waals surface area contributed by atoms with Crippen LogP contribution in [0.25, 0.3) is 0 Å². The molecule has 1 fully saturated rings. The fourth-order valence-corrected chi connectivity index (χ4v) is 4.66. The lowest BCUT2D eigenvalue weighted by Crippen LogP contribution is -2.53. The van der Waals surface area contributed by atoms with Crippen LogP contribution in [0.2, 0.25) is 5.02 Å². The Balaban J connectivity index is 1.62. The molecule has 1 aliphatic rings. The predicted octanol–water partition coefficient (Wildman–Crippen LogP) is 3.09. The molecule has 0 aromatic heterocycles. The minimum absolute atomic E-state index is 0.125. The van der Waals surface area contributed by atoms with Gasteiger partial charge in [-0.2, -0.15) is 4.31 Å². The van der Waals surface area contributed by atoms with E-state index in [1.54, 1.807) is 11.8 Å². The highest BCUT2D eigenvalue weighted by molar-refractivity contribution is 7.89. The highest BCUT2D eigenvalue weighted by Gasteiger charge is 2.32. The first-order chi connectivity index (χ1) is 14.1. The van der Waals surface area contributed by atoms with Crippen LogP contribution in [0.5, 0.6) is 0 Å². The molecule has 162 valence electrons. The van der Waals surface area contributed by atoms with Gasteiger partial charge >= 0.3 is 0 Å². The van der Waals surface area contributed by atoms with Crippen molar-refractivity contribution in [1.29, 1.82) is 0 Å².